The molecule has 1 aliphatic heterocycles. The van der Waals surface area contributed by atoms with Crippen LogP contribution in [0, 0.1) is 0 Å². The van der Waals surface area contributed by atoms with Gasteiger partial charge in [0.25, 0.3) is 0 Å². The Kier molecular flexibility index (Phi) is 1.28. The van der Waals surface area contributed by atoms with Crippen molar-refractivity contribution in [1.82, 2.24) is 0 Å². The smallest absolute Gasteiger partial charge is 0.106 e. The maximum atomic E-state index is 5.22. The molecule has 0 spiro atoms. The zero-order valence-electron chi connectivity index (χ0n) is 6.49. The van der Waals surface area contributed by atoms with Gasteiger partial charge < -0.3 is 4.74 Å². The van der Waals surface area contributed by atoms with Crippen LogP contribution in [-0.2, 0) is 4.74 Å². The van der Waals surface area contributed by atoms with Gasteiger partial charge in [-0.25, -0.2) is 0 Å². The van der Waals surface area contributed by atoms with Crippen molar-refractivity contribution in [2.24, 2.45) is 0 Å². The van der Waals surface area contributed by atoms with Crippen molar-refractivity contribution in [2.45, 2.75) is 6.10 Å². The fourth-order valence-electron chi connectivity index (χ4n) is 1.43. The summed E-state index contributed by atoms with van der Waals surface area (Å²) in [6, 6.07) is 8.73. The van der Waals surface area contributed by atoms with E-state index < -0.39 is 0 Å². The molecule has 3 rings (SSSR count). The first-order valence-corrected chi connectivity index (χ1v) is 4.90. The van der Waals surface area contributed by atoms with Crippen molar-refractivity contribution in [3.63, 3.8) is 0 Å². The van der Waals surface area contributed by atoms with E-state index >= 15 is 0 Å². The summed E-state index contributed by atoms with van der Waals surface area (Å²) >= 11 is 1.79. The number of epoxide rings is 1. The molecule has 60 valence electrons. The van der Waals surface area contributed by atoms with Gasteiger partial charge >= 0.3 is 0 Å². The van der Waals surface area contributed by atoms with Gasteiger partial charge in [-0.05, 0) is 34.5 Å². The van der Waals surface area contributed by atoms with E-state index in [1.165, 1.54) is 15.6 Å². The van der Waals surface area contributed by atoms with Crippen LogP contribution in [0.1, 0.15) is 11.7 Å². The van der Waals surface area contributed by atoms with E-state index in [4.69, 9.17) is 4.74 Å². The second kappa shape index (κ2) is 2.31. The van der Waals surface area contributed by atoms with E-state index in [1.54, 1.807) is 11.3 Å². The lowest BCUT2D eigenvalue weighted by Crippen LogP contribution is -1.77. The van der Waals surface area contributed by atoms with Crippen LogP contribution in [0.25, 0.3) is 10.1 Å². The molecule has 1 atom stereocenters. The number of ether oxygens (including phenoxy) is 1. The molecular weight excluding hydrogens is 168 g/mol. The molecule has 0 aliphatic carbocycles. The minimum Gasteiger partial charge on any atom is -0.368 e. The summed E-state index contributed by atoms with van der Waals surface area (Å²) in [5.74, 6) is 0. The first-order chi connectivity index (χ1) is 5.93. The Hall–Kier alpha value is -0.860. The topological polar surface area (TPSA) is 12.5 Å². The van der Waals surface area contributed by atoms with Gasteiger partial charge in [0.15, 0.2) is 0 Å². The molecule has 1 aliphatic rings. The van der Waals surface area contributed by atoms with Gasteiger partial charge in [-0.3, -0.25) is 0 Å². The Bertz CT molecular complexity index is 414. The van der Waals surface area contributed by atoms with Crippen molar-refractivity contribution in [1.29, 1.82) is 0 Å². The first kappa shape index (κ1) is 6.63. The summed E-state index contributed by atoms with van der Waals surface area (Å²) in [6.45, 7) is 0.898. The van der Waals surface area contributed by atoms with E-state index in [9.17, 15) is 0 Å². The van der Waals surface area contributed by atoms with Crippen molar-refractivity contribution >= 4 is 21.4 Å². The van der Waals surface area contributed by atoms with Crippen molar-refractivity contribution in [3.05, 3.63) is 35.2 Å². The molecule has 1 aromatic carbocycles. The normalized spacial score (nSPS) is 21.5. The highest BCUT2D eigenvalue weighted by molar-refractivity contribution is 7.17. The first-order valence-electron chi connectivity index (χ1n) is 4.02. The van der Waals surface area contributed by atoms with Crippen LogP contribution in [0.3, 0.4) is 0 Å². The molecule has 0 unspecified atom stereocenters. The molecule has 0 radical (unpaired) electrons. The third kappa shape index (κ3) is 0.958. The molecule has 0 amide bonds. The maximum absolute atomic E-state index is 5.22. The zero-order valence-corrected chi connectivity index (χ0v) is 7.30. The number of benzene rings is 1. The molecule has 0 saturated carbocycles. The molecule has 2 heteroatoms. The van der Waals surface area contributed by atoms with Crippen LogP contribution < -0.4 is 0 Å². The summed E-state index contributed by atoms with van der Waals surface area (Å²) in [6.07, 6.45) is 0.384. The third-order valence-corrected chi connectivity index (χ3v) is 3.08. The van der Waals surface area contributed by atoms with Gasteiger partial charge in [0.2, 0.25) is 0 Å². The summed E-state index contributed by atoms with van der Waals surface area (Å²) in [5.41, 5.74) is 1.32. The van der Waals surface area contributed by atoms with Crippen LogP contribution in [0.5, 0.6) is 0 Å². The second-order valence-electron chi connectivity index (χ2n) is 3.04. The molecule has 2 heterocycles. The fourth-order valence-corrected chi connectivity index (χ4v) is 2.20. The van der Waals surface area contributed by atoms with Gasteiger partial charge in [-0.2, -0.15) is 0 Å². The lowest BCUT2D eigenvalue weighted by molar-refractivity contribution is 0.416. The molecule has 0 bridgehead atoms. The summed E-state index contributed by atoms with van der Waals surface area (Å²) in [7, 11) is 0. The minimum atomic E-state index is 0.384. The number of thiophene rings is 1. The zero-order chi connectivity index (χ0) is 7.97. The Morgan fingerprint density at radius 2 is 2.25 bits per heavy atom. The average Bonchev–Trinajstić information content (AvgIpc) is 2.84. The number of fused-ring (bicyclic) bond motifs is 1. The Labute approximate surface area is 74.6 Å². The number of hydrogen-bond acceptors (Lipinski definition) is 2. The van der Waals surface area contributed by atoms with Crippen LogP contribution in [0.2, 0.25) is 0 Å². The predicted octanol–water partition coefficient (Wildman–Crippen LogP) is 2.97. The largest absolute Gasteiger partial charge is 0.368 e. The van der Waals surface area contributed by atoms with Crippen LogP contribution in [0.4, 0.5) is 0 Å². The average molecular weight is 176 g/mol. The van der Waals surface area contributed by atoms with Gasteiger partial charge in [0.05, 0.1) is 6.61 Å². The SMILES string of the molecule is c1cc2cc([C@@H]3CO3)ccc2s1. The van der Waals surface area contributed by atoms with Gasteiger partial charge in [0, 0.05) is 4.70 Å². The summed E-state index contributed by atoms with van der Waals surface area (Å²) in [4.78, 5) is 0. The van der Waals surface area contributed by atoms with Crippen LogP contribution in [0.15, 0.2) is 29.6 Å². The van der Waals surface area contributed by atoms with Gasteiger partial charge in [0.1, 0.15) is 6.10 Å². The van der Waals surface area contributed by atoms with E-state index in [0.29, 0.717) is 6.10 Å². The molecule has 12 heavy (non-hydrogen) atoms. The molecule has 1 saturated heterocycles. The highest BCUT2D eigenvalue weighted by atomic mass is 32.1. The number of rotatable bonds is 1. The van der Waals surface area contributed by atoms with Crippen LogP contribution in [-0.4, -0.2) is 6.61 Å². The molecule has 1 aromatic heterocycles. The minimum absolute atomic E-state index is 0.384. The molecule has 2 aromatic rings. The van der Waals surface area contributed by atoms with Crippen molar-refractivity contribution < 1.29 is 4.74 Å². The number of hydrogen-bond donors (Lipinski definition) is 0. The Morgan fingerprint density at radius 3 is 3.08 bits per heavy atom. The quantitative estimate of drug-likeness (QED) is 0.608. The van der Waals surface area contributed by atoms with Gasteiger partial charge in [-0.1, -0.05) is 6.07 Å². The highest BCUT2D eigenvalue weighted by Crippen LogP contribution is 2.32. The molecule has 1 nitrogen and oxygen atoms in total. The van der Waals surface area contributed by atoms with Gasteiger partial charge in [-0.15, -0.1) is 11.3 Å². The molecule has 1 fully saturated rings. The Morgan fingerprint density at radius 1 is 1.33 bits per heavy atom. The fraction of sp³-hybridized carbons (Fsp3) is 0.200. The molecular formula is C10H8OS. The predicted molar refractivity (Wildman–Crippen MR) is 50.5 cm³/mol. The standard InChI is InChI=1S/C10H8OS/c1-2-10-8(3-4-12-10)5-7(1)9-6-11-9/h1-5,9H,6H2/t9-/m0/s1. The second-order valence-corrected chi connectivity index (χ2v) is 3.99. The third-order valence-electron chi connectivity index (χ3n) is 2.18. The van der Waals surface area contributed by atoms with Crippen molar-refractivity contribution in [2.75, 3.05) is 6.61 Å². The van der Waals surface area contributed by atoms with E-state index in [1.807, 2.05) is 0 Å². The lowest BCUT2D eigenvalue weighted by Gasteiger charge is -1.94. The summed E-state index contributed by atoms with van der Waals surface area (Å²) in [5, 5.41) is 3.47. The van der Waals surface area contributed by atoms with E-state index in [2.05, 4.69) is 29.6 Å². The maximum Gasteiger partial charge on any atom is 0.106 e. The highest BCUT2D eigenvalue weighted by Gasteiger charge is 2.24. The van der Waals surface area contributed by atoms with Crippen molar-refractivity contribution in [3.8, 4) is 0 Å². The summed E-state index contributed by atoms with van der Waals surface area (Å²) < 4.78 is 6.58. The monoisotopic (exact) mass is 176 g/mol. The van der Waals surface area contributed by atoms with E-state index in [0.717, 1.165) is 6.61 Å². The van der Waals surface area contributed by atoms with E-state index in [-0.39, 0.29) is 0 Å². The lowest BCUT2D eigenvalue weighted by atomic mass is 10.1. The molecule has 0 N–H and O–H groups in total. The van der Waals surface area contributed by atoms with Crippen LogP contribution >= 0.6 is 11.3 Å². The Balaban J connectivity index is 2.21.